The summed E-state index contributed by atoms with van der Waals surface area (Å²) in [6.07, 6.45) is 2.71. The Hall–Kier alpha value is -1.96. The molecule has 0 bridgehead atoms. The van der Waals surface area contributed by atoms with E-state index in [9.17, 15) is 4.79 Å². The van der Waals surface area contributed by atoms with E-state index in [0.717, 1.165) is 13.0 Å². The van der Waals surface area contributed by atoms with Crippen LogP contribution in [0.2, 0.25) is 0 Å². The van der Waals surface area contributed by atoms with Gasteiger partial charge in [-0.2, -0.15) is 5.26 Å². The Labute approximate surface area is 108 Å². The third kappa shape index (κ3) is 3.27. The molecule has 0 aromatic carbocycles. The van der Waals surface area contributed by atoms with Gasteiger partial charge in [0.05, 0.1) is 17.7 Å². The maximum atomic E-state index is 12.2. The van der Waals surface area contributed by atoms with E-state index in [1.165, 1.54) is 0 Å². The van der Waals surface area contributed by atoms with Gasteiger partial charge in [0.25, 0.3) is 5.91 Å². The number of carbonyl (C=O) groups is 1. The summed E-state index contributed by atoms with van der Waals surface area (Å²) in [4.78, 5) is 13.8. The predicted octanol–water partition coefficient (Wildman–Crippen LogP) is 1.71. The summed E-state index contributed by atoms with van der Waals surface area (Å²) >= 11 is 0. The zero-order valence-corrected chi connectivity index (χ0v) is 11.2. The van der Waals surface area contributed by atoms with Crippen LogP contribution >= 0.6 is 0 Å². The number of nitrogens with zero attached hydrogens (tertiary/aromatic N) is 3. The molecular weight excluding hydrogens is 228 g/mol. The Morgan fingerprint density at radius 1 is 1.67 bits per heavy atom. The van der Waals surface area contributed by atoms with Crippen molar-refractivity contribution in [3.63, 3.8) is 0 Å². The monoisotopic (exact) mass is 248 g/mol. The molecule has 1 aromatic rings. The fourth-order valence-corrected chi connectivity index (χ4v) is 1.87. The molecule has 1 amide bonds. The molecule has 0 saturated heterocycles. The SMILES string of the molecule is CCCn1cc(N)cc1C(=O)N(C)CC(C)C#N. The molecule has 0 spiro atoms. The molecule has 0 aliphatic heterocycles. The van der Waals surface area contributed by atoms with Gasteiger partial charge in [0.2, 0.25) is 0 Å². The average molecular weight is 248 g/mol. The van der Waals surface area contributed by atoms with Crippen molar-refractivity contribution in [2.24, 2.45) is 5.92 Å². The van der Waals surface area contributed by atoms with Gasteiger partial charge in [-0.25, -0.2) is 0 Å². The number of anilines is 1. The average Bonchev–Trinajstić information content (AvgIpc) is 2.69. The molecule has 1 atom stereocenters. The minimum Gasteiger partial charge on any atom is -0.397 e. The van der Waals surface area contributed by atoms with Crippen LogP contribution in [0.25, 0.3) is 0 Å². The number of aromatic nitrogens is 1. The van der Waals surface area contributed by atoms with Crippen LogP contribution in [0.15, 0.2) is 12.3 Å². The highest BCUT2D eigenvalue weighted by molar-refractivity contribution is 5.93. The first kappa shape index (κ1) is 14.1. The van der Waals surface area contributed by atoms with Gasteiger partial charge in [-0.3, -0.25) is 4.79 Å². The molecule has 1 unspecified atom stereocenters. The predicted molar refractivity (Wildman–Crippen MR) is 70.9 cm³/mol. The van der Waals surface area contributed by atoms with E-state index in [1.54, 1.807) is 31.1 Å². The van der Waals surface area contributed by atoms with E-state index in [1.807, 2.05) is 11.5 Å². The second kappa shape index (κ2) is 6.10. The molecular formula is C13H20N4O. The normalized spacial score (nSPS) is 11.9. The summed E-state index contributed by atoms with van der Waals surface area (Å²) in [7, 11) is 1.70. The molecule has 5 nitrogen and oxygen atoms in total. The van der Waals surface area contributed by atoms with Crippen molar-refractivity contribution in [1.29, 1.82) is 5.26 Å². The van der Waals surface area contributed by atoms with Crippen molar-refractivity contribution in [1.82, 2.24) is 9.47 Å². The lowest BCUT2D eigenvalue weighted by atomic mass is 10.2. The van der Waals surface area contributed by atoms with Gasteiger partial charge in [0.1, 0.15) is 5.69 Å². The molecule has 1 rings (SSSR count). The maximum Gasteiger partial charge on any atom is 0.270 e. The zero-order valence-electron chi connectivity index (χ0n) is 11.2. The summed E-state index contributed by atoms with van der Waals surface area (Å²) < 4.78 is 1.87. The second-order valence-electron chi connectivity index (χ2n) is 4.57. The molecule has 1 heterocycles. The zero-order chi connectivity index (χ0) is 13.7. The van der Waals surface area contributed by atoms with Crippen LogP contribution in [0.3, 0.4) is 0 Å². The Kier molecular flexibility index (Phi) is 4.78. The third-order valence-electron chi connectivity index (χ3n) is 2.72. The van der Waals surface area contributed by atoms with Crippen molar-refractivity contribution < 1.29 is 4.79 Å². The summed E-state index contributed by atoms with van der Waals surface area (Å²) in [5, 5.41) is 8.77. The number of carbonyl (C=O) groups excluding carboxylic acids is 1. The number of rotatable bonds is 5. The fraction of sp³-hybridized carbons (Fsp3) is 0.538. The molecule has 98 valence electrons. The minimum atomic E-state index is -0.175. The molecule has 2 N–H and O–H groups in total. The quantitative estimate of drug-likeness (QED) is 0.862. The third-order valence-corrected chi connectivity index (χ3v) is 2.72. The van der Waals surface area contributed by atoms with Crippen LogP contribution in [0, 0.1) is 17.2 Å². The smallest absolute Gasteiger partial charge is 0.270 e. The molecule has 1 aromatic heterocycles. The van der Waals surface area contributed by atoms with Gasteiger partial charge >= 0.3 is 0 Å². The lowest BCUT2D eigenvalue weighted by Gasteiger charge is -2.19. The number of aryl methyl sites for hydroxylation is 1. The topological polar surface area (TPSA) is 75.0 Å². The van der Waals surface area contributed by atoms with Crippen molar-refractivity contribution in [3.05, 3.63) is 18.0 Å². The molecule has 0 saturated carbocycles. The van der Waals surface area contributed by atoms with Crippen LogP contribution in [0.4, 0.5) is 5.69 Å². The molecule has 0 fully saturated rings. The van der Waals surface area contributed by atoms with E-state index in [2.05, 4.69) is 6.07 Å². The summed E-state index contributed by atoms with van der Waals surface area (Å²) in [6, 6.07) is 3.81. The number of hydrogen-bond acceptors (Lipinski definition) is 3. The van der Waals surface area contributed by atoms with Crippen molar-refractivity contribution in [3.8, 4) is 6.07 Å². The number of nitriles is 1. The molecule has 0 aliphatic rings. The van der Waals surface area contributed by atoms with E-state index in [4.69, 9.17) is 11.0 Å². The number of hydrogen-bond donors (Lipinski definition) is 1. The van der Waals surface area contributed by atoms with E-state index in [-0.39, 0.29) is 11.8 Å². The van der Waals surface area contributed by atoms with Gasteiger partial charge < -0.3 is 15.2 Å². The van der Waals surface area contributed by atoms with Crippen molar-refractivity contribution in [2.45, 2.75) is 26.8 Å². The number of amides is 1. The van der Waals surface area contributed by atoms with E-state index in [0.29, 0.717) is 17.9 Å². The largest absolute Gasteiger partial charge is 0.397 e. The fourth-order valence-electron chi connectivity index (χ4n) is 1.87. The van der Waals surface area contributed by atoms with Crippen LogP contribution in [0.1, 0.15) is 30.8 Å². The Bertz CT molecular complexity index is 458. The highest BCUT2D eigenvalue weighted by Gasteiger charge is 2.18. The highest BCUT2D eigenvalue weighted by Crippen LogP contribution is 2.14. The highest BCUT2D eigenvalue weighted by atomic mass is 16.2. The second-order valence-corrected chi connectivity index (χ2v) is 4.57. The number of nitrogen functional groups attached to an aromatic ring is 1. The summed E-state index contributed by atoms with van der Waals surface area (Å²) in [5.74, 6) is -0.270. The minimum absolute atomic E-state index is 0.0951. The number of nitrogens with two attached hydrogens (primary N) is 1. The van der Waals surface area contributed by atoms with Gasteiger partial charge in [0.15, 0.2) is 0 Å². The Balaban J connectivity index is 2.86. The molecule has 5 heteroatoms. The summed E-state index contributed by atoms with van der Waals surface area (Å²) in [6.45, 7) is 5.03. The molecule has 18 heavy (non-hydrogen) atoms. The Morgan fingerprint density at radius 3 is 2.89 bits per heavy atom. The van der Waals surface area contributed by atoms with Crippen LogP contribution in [0.5, 0.6) is 0 Å². The van der Waals surface area contributed by atoms with Crippen LogP contribution in [-0.2, 0) is 6.54 Å². The lowest BCUT2D eigenvalue weighted by Crippen LogP contribution is -2.32. The van der Waals surface area contributed by atoms with E-state index >= 15 is 0 Å². The first-order chi connectivity index (χ1) is 8.49. The first-order valence-corrected chi connectivity index (χ1v) is 6.10. The lowest BCUT2D eigenvalue weighted by molar-refractivity contribution is 0.0774. The van der Waals surface area contributed by atoms with Gasteiger partial charge in [-0.1, -0.05) is 6.92 Å². The van der Waals surface area contributed by atoms with Gasteiger partial charge in [-0.05, 0) is 19.4 Å². The molecule has 0 aliphatic carbocycles. The molecule has 0 radical (unpaired) electrons. The standard InChI is InChI=1S/C13H20N4O/c1-4-5-17-9-11(15)6-12(17)13(18)16(3)8-10(2)7-14/h6,9-10H,4-5,8,15H2,1-3H3. The maximum absolute atomic E-state index is 12.2. The summed E-state index contributed by atoms with van der Waals surface area (Å²) in [5.41, 5.74) is 6.91. The van der Waals surface area contributed by atoms with Crippen LogP contribution < -0.4 is 5.73 Å². The van der Waals surface area contributed by atoms with Crippen molar-refractivity contribution >= 4 is 11.6 Å². The van der Waals surface area contributed by atoms with E-state index < -0.39 is 0 Å². The van der Waals surface area contributed by atoms with Gasteiger partial charge in [-0.15, -0.1) is 0 Å². The Morgan fingerprint density at radius 2 is 2.33 bits per heavy atom. The van der Waals surface area contributed by atoms with Gasteiger partial charge in [0, 0.05) is 26.3 Å². The first-order valence-electron chi connectivity index (χ1n) is 6.10. The van der Waals surface area contributed by atoms with Crippen LogP contribution in [-0.4, -0.2) is 29.0 Å². The van der Waals surface area contributed by atoms with Crippen molar-refractivity contribution in [2.75, 3.05) is 19.3 Å².